The molecule has 0 aliphatic carbocycles. The molecule has 3 nitrogen and oxygen atoms in total. The summed E-state index contributed by atoms with van der Waals surface area (Å²) in [6.45, 7) is 6.11. The molecule has 0 bridgehead atoms. The number of nitrogens with two attached hydrogens (primary N) is 1. The molecular weight excluding hydrogens is 210 g/mol. The molecular formula is C14H17N3. The standard InChI is InChI=1S/C14H17N3/c1-9-4-5-10(2)12(8-9)17-14-13(15)11(3)6-7-16-14/h4-8H,15H2,1-3H3,(H,16,17). The molecule has 1 heterocycles. The summed E-state index contributed by atoms with van der Waals surface area (Å²) in [5, 5.41) is 3.29. The van der Waals surface area contributed by atoms with Gasteiger partial charge in [0.05, 0.1) is 5.69 Å². The zero-order valence-electron chi connectivity index (χ0n) is 10.4. The maximum atomic E-state index is 5.99. The lowest BCUT2D eigenvalue weighted by atomic mass is 10.1. The molecule has 1 aromatic heterocycles. The number of benzene rings is 1. The minimum atomic E-state index is 0.702. The highest BCUT2D eigenvalue weighted by atomic mass is 15.0. The van der Waals surface area contributed by atoms with Crippen molar-refractivity contribution >= 4 is 17.2 Å². The Kier molecular flexibility index (Phi) is 3.00. The average molecular weight is 227 g/mol. The molecule has 0 aliphatic rings. The van der Waals surface area contributed by atoms with E-state index in [-0.39, 0.29) is 0 Å². The van der Waals surface area contributed by atoms with Gasteiger partial charge in [-0.15, -0.1) is 0 Å². The Bertz CT molecular complexity index is 547. The average Bonchev–Trinajstić information content (AvgIpc) is 2.30. The molecule has 0 fully saturated rings. The van der Waals surface area contributed by atoms with Crippen LogP contribution in [-0.4, -0.2) is 4.98 Å². The van der Waals surface area contributed by atoms with Crippen LogP contribution in [0.2, 0.25) is 0 Å². The number of hydrogen-bond donors (Lipinski definition) is 2. The van der Waals surface area contributed by atoms with Crippen molar-refractivity contribution in [3.63, 3.8) is 0 Å². The van der Waals surface area contributed by atoms with E-state index < -0.39 is 0 Å². The van der Waals surface area contributed by atoms with Crippen molar-refractivity contribution in [3.05, 3.63) is 47.2 Å². The van der Waals surface area contributed by atoms with E-state index in [9.17, 15) is 0 Å². The Morgan fingerprint density at radius 1 is 1.06 bits per heavy atom. The zero-order valence-corrected chi connectivity index (χ0v) is 10.4. The molecule has 0 spiro atoms. The van der Waals surface area contributed by atoms with Gasteiger partial charge in [0, 0.05) is 11.9 Å². The lowest BCUT2D eigenvalue weighted by Gasteiger charge is -2.12. The third-order valence-electron chi connectivity index (χ3n) is 2.85. The van der Waals surface area contributed by atoms with Crippen LogP contribution in [0.15, 0.2) is 30.5 Å². The molecule has 2 rings (SSSR count). The van der Waals surface area contributed by atoms with E-state index in [2.05, 4.69) is 42.3 Å². The van der Waals surface area contributed by atoms with Gasteiger partial charge in [-0.3, -0.25) is 0 Å². The fourth-order valence-electron chi connectivity index (χ4n) is 1.67. The number of anilines is 3. The van der Waals surface area contributed by atoms with Gasteiger partial charge in [0.25, 0.3) is 0 Å². The third kappa shape index (κ3) is 2.38. The fourth-order valence-corrected chi connectivity index (χ4v) is 1.67. The highest BCUT2D eigenvalue weighted by Gasteiger charge is 2.05. The number of nitrogen functional groups attached to an aromatic ring is 1. The van der Waals surface area contributed by atoms with Gasteiger partial charge >= 0.3 is 0 Å². The molecule has 0 saturated carbocycles. The van der Waals surface area contributed by atoms with E-state index >= 15 is 0 Å². The van der Waals surface area contributed by atoms with Gasteiger partial charge in [-0.2, -0.15) is 0 Å². The smallest absolute Gasteiger partial charge is 0.153 e. The minimum Gasteiger partial charge on any atom is -0.396 e. The number of nitrogens with zero attached hydrogens (tertiary/aromatic N) is 1. The van der Waals surface area contributed by atoms with Crippen molar-refractivity contribution in [1.82, 2.24) is 4.98 Å². The Morgan fingerprint density at radius 2 is 1.82 bits per heavy atom. The summed E-state index contributed by atoms with van der Waals surface area (Å²) >= 11 is 0. The van der Waals surface area contributed by atoms with Crippen molar-refractivity contribution in [3.8, 4) is 0 Å². The van der Waals surface area contributed by atoms with Crippen molar-refractivity contribution in [2.45, 2.75) is 20.8 Å². The third-order valence-corrected chi connectivity index (χ3v) is 2.85. The van der Waals surface area contributed by atoms with E-state index in [1.165, 1.54) is 11.1 Å². The van der Waals surface area contributed by atoms with Gasteiger partial charge in [0.2, 0.25) is 0 Å². The van der Waals surface area contributed by atoms with Crippen molar-refractivity contribution in [2.75, 3.05) is 11.1 Å². The van der Waals surface area contributed by atoms with Crippen LogP contribution in [0, 0.1) is 20.8 Å². The lowest BCUT2D eigenvalue weighted by Crippen LogP contribution is -2.02. The highest BCUT2D eigenvalue weighted by molar-refractivity contribution is 5.72. The first-order valence-corrected chi connectivity index (χ1v) is 5.63. The topological polar surface area (TPSA) is 50.9 Å². The SMILES string of the molecule is Cc1ccc(C)c(Nc2nccc(C)c2N)c1. The highest BCUT2D eigenvalue weighted by Crippen LogP contribution is 2.25. The number of aromatic nitrogens is 1. The monoisotopic (exact) mass is 227 g/mol. The van der Waals surface area contributed by atoms with Crippen LogP contribution in [0.5, 0.6) is 0 Å². The summed E-state index contributed by atoms with van der Waals surface area (Å²) in [6.07, 6.45) is 1.76. The summed E-state index contributed by atoms with van der Waals surface area (Å²) in [5.41, 5.74) is 11.2. The normalized spacial score (nSPS) is 10.3. The molecule has 2 aromatic rings. The molecule has 17 heavy (non-hydrogen) atoms. The van der Waals surface area contributed by atoms with Crippen LogP contribution in [0.1, 0.15) is 16.7 Å². The Hall–Kier alpha value is -2.03. The number of nitrogens with one attached hydrogen (secondary N) is 1. The molecule has 0 aliphatic heterocycles. The minimum absolute atomic E-state index is 0.702. The number of rotatable bonds is 2. The van der Waals surface area contributed by atoms with E-state index in [0.29, 0.717) is 5.69 Å². The van der Waals surface area contributed by atoms with Gasteiger partial charge in [-0.05, 0) is 49.6 Å². The first kappa shape index (κ1) is 11.5. The van der Waals surface area contributed by atoms with E-state index in [4.69, 9.17) is 5.73 Å². The predicted molar refractivity (Wildman–Crippen MR) is 72.6 cm³/mol. The van der Waals surface area contributed by atoms with Gasteiger partial charge in [-0.1, -0.05) is 12.1 Å². The van der Waals surface area contributed by atoms with Gasteiger partial charge in [0.1, 0.15) is 0 Å². The maximum absolute atomic E-state index is 5.99. The first-order chi connectivity index (χ1) is 8.08. The number of aryl methyl sites for hydroxylation is 3. The summed E-state index contributed by atoms with van der Waals surface area (Å²) in [5.74, 6) is 0.721. The zero-order chi connectivity index (χ0) is 12.4. The predicted octanol–water partition coefficient (Wildman–Crippen LogP) is 3.33. The first-order valence-electron chi connectivity index (χ1n) is 5.63. The summed E-state index contributed by atoms with van der Waals surface area (Å²) in [6, 6.07) is 8.18. The Balaban J connectivity index is 2.38. The molecule has 88 valence electrons. The second kappa shape index (κ2) is 4.45. The molecule has 0 amide bonds. The van der Waals surface area contributed by atoms with Crippen molar-refractivity contribution in [2.24, 2.45) is 0 Å². The molecule has 0 atom stereocenters. The summed E-state index contributed by atoms with van der Waals surface area (Å²) < 4.78 is 0. The van der Waals surface area contributed by atoms with E-state index in [0.717, 1.165) is 17.1 Å². The van der Waals surface area contributed by atoms with Crippen molar-refractivity contribution in [1.29, 1.82) is 0 Å². The van der Waals surface area contributed by atoms with E-state index in [1.807, 2.05) is 13.0 Å². The van der Waals surface area contributed by atoms with Crippen LogP contribution in [0.3, 0.4) is 0 Å². The number of pyridine rings is 1. The van der Waals surface area contributed by atoms with Gasteiger partial charge in [-0.25, -0.2) is 4.98 Å². The molecule has 0 unspecified atom stereocenters. The Morgan fingerprint density at radius 3 is 2.59 bits per heavy atom. The second-order valence-electron chi connectivity index (χ2n) is 4.33. The van der Waals surface area contributed by atoms with Gasteiger partial charge in [0.15, 0.2) is 5.82 Å². The number of hydrogen-bond acceptors (Lipinski definition) is 3. The fraction of sp³-hybridized carbons (Fsp3) is 0.214. The van der Waals surface area contributed by atoms with Crippen LogP contribution in [0.4, 0.5) is 17.2 Å². The van der Waals surface area contributed by atoms with Crippen LogP contribution < -0.4 is 11.1 Å². The second-order valence-corrected chi connectivity index (χ2v) is 4.33. The quantitative estimate of drug-likeness (QED) is 0.827. The largest absolute Gasteiger partial charge is 0.396 e. The molecule has 0 radical (unpaired) electrons. The summed E-state index contributed by atoms with van der Waals surface area (Å²) in [4.78, 5) is 4.27. The molecule has 0 saturated heterocycles. The lowest BCUT2D eigenvalue weighted by molar-refractivity contribution is 1.26. The van der Waals surface area contributed by atoms with Crippen LogP contribution >= 0.6 is 0 Å². The van der Waals surface area contributed by atoms with Crippen LogP contribution in [-0.2, 0) is 0 Å². The molecule has 1 aromatic carbocycles. The Labute approximate surface area is 102 Å². The van der Waals surface area contributed by atoms with E-state index in [1.54, 1.807) is 6.20 Å². The molecule has 3 N–H and O–H groups in total. The summed E-state index contributed by atoms with van der Waals surface area (Å²) in [7, 11) is 0. The van der Waals surface area contributed by atoms with Crippen LogP contribution in [0.25, 0.3) is 0 Å². The molecule has 3 heteroatoms. The maximum Gasteiger partial charge on any atom is 0.153 e. The van der Waals surface area contributed by atoms with Gasteiger partial charge < -0.3 is 11.1 Å². The van der Waals surface area contributed by atoms with Crippen molar-refractivity contribution < 1.29 is 0 Å².